The molecule has 0 aliphatic carbocycles. The first-order chi connectivity index (χ1) is 13.2. The van der Waals surface area contributed by atoms with Gasteiger partial charge >= 0.3 is 5.97 Å². The van der Waals surface area contributed by atoms with Gasteiger partial charge in [-0.15, -0.1) is 11.3 Å². The molecule has 0 bridgehead atoms. The quantitative estimate of drug-likeness (QED) is 0.478. The highest BCUT2D eigenvalue weighted by molar-refractivity contribution is 7.09. The van der Waals surface area contributed by atoms with E-state index in [1.54, 1.807) is 11.3 Å². The Morgan fingerprint density at radius 2 is 1.78 bits per heavy atom. The number of carboxylic acids is 1. The number of hydrogen-bond donors (Lipinski definition) is 2. The van der Waals surface area contributed by atoms with Gasteiger partial charge in [-0.1, -0.05) is 54.6 Å². The highest BCUT2D eigenvalue weighted by Gasteiger charge is 2.19. The maximum absolute atomic E-state index is 11.5. The smallest absolute Gasteiger partial charge is 0.307 e. The van der Waals surface area contributed by atoms with Crippen molar-refractivity contribution < 1.29 is 9.90 Å². The molecular formula is C22H20N2O2S. The monoisotopic (exact) mass is 376 g/mol. The van der Waals surface area contributed by atoms with E-state index < -0.39 is 5.97 Å². The Morgan fingerprint density at radius 1 is 1.00 bits per heavy atom. The van der Waals surface area contributed by atoms with Crippen LogP contribution in [0.3, 0.4) is 0 Å². The molecule has 2 heterocycles. The number of carboxylic acid groups (broad SMARTS) is 1. The summed E-state index contributed by atoms with van der Waals surface area (Å²) >= 11 is 1.69. The van der Waals surface area contributed by atoms with Crippen molar-refractivity contribution in [1.82, 2.24) is 4.57 Å². The Balaban J connectivity index is 1.81. The SMILES string of the molecule is O=C(O)Cc1c(NCc2cccs2)n(Cc2ccccc2)c2ccccc12. The largest absolute Gasteiger partial charge is 0.481 e. The summed E-state index contributed by atoms with van der Waals surface area (Å²) in [6.07, 6.45) is -0.00488. The minimum Gasteiger partial charge on any atom is -0.481 e. The third-order valence-electron chi connectivity index (χ3n) is 4.60. The van der Waals surface area contributed by atoms with Gasteiger partial charge < -0.3 is 15.0 Å². The van der Waals surface area contributed by atoms with E-state index in [9.17, 15) is 9.90 Å². The first-order valence-electron chi connectivity index (χ1n) is 8.84. The van der Waals surface area contributed by atoms with Gasteiger partial charge in [0.2, 0.25) is 0 Å². The third-order valence-corrected chi connectivity index (χ3v) is 5.47. The van der Waals surface area contributed by atoms with Crippen LogP contribution in [0.1, 0.15) is 16.0 Å². The van der Waals surface area contributed by atoms with Crippen molar-refractivity contribution in [2.45, 2.75) is 19.5 Å². The van der Waals surface area contributed by atoms with Gasteiger partial charge in [-0.05, 0) is 23.1 Å². The average molecular weight is 376 g/mol. The fourth-order valence-electron chi connectivity index (χ4n) is 3.42. The predicted molar refractivity (Wildman–Crippen MR) is 110 cm³/mol. The van der Waals surface area contributed by atoms with Crippen LogP contribution in [0.15, 0.2) is 72.1 Å². The van der Waals surface area contributed by atoms with Gasteiger partial charge in [0.1, 0.15) is 5.82 Å². The van der Waals surface area contributed by atoms with Crippen molar-refractivity contribution in [3.05, 3.63) is 88.1 Å². The highest BCUT2D eigenvalue weighted by atomic mass is 32.1. The van der Waals surface area contributed by atoms with Crippen LogP contribution in [0.5, 0.6) is 0 Å². The number of para-hydroxylation sites is 1. The fraction of sp³-hybridized carbons (Fsp3) is 0.136. The predicted octanol–water partition coefficient (Wildman–Crippen LogP) is 4.99. The molecule has 0 radical (unpaired) electrons. The summed E-state index contributed by atoms with van der Waals surface area (Å²) in [5, 5.41) is 16.0. The van der Waals surface area contributed by atoms with Crippen LogP contribution in [0.4, 0.5) is 5.82 Å². The van der Waals surface area contributed by atoms with E-state index in [1.165, 1.54) is 10.4 Å². The van der Waals surface area contributed by atoms with Crippen LogP contribution < -0.4 is 5.32 Å². The van der Waals surface area contributed by atoms with Gasteiger partial charge in [-0.2, -0.15) is 0 Å². The standard InChI is InChI=1S/C22H20N2O2S/c25-21(26)13-19-18-10-4-5-11-20(18)24(15-16-7-2-1-3-8-16)22(19)23-14-17-9-6-12-27-17/h1-12,23H,13-15H2,(H,25,26). The molecule has 0 saturated heterocycles. The molecule has 4 rings (SSSR count). The second kappa shape index (κ2) is 7.68. The molecule has 0 aliphatic rings. The van der Waals surface area contributed by atoms with Gasteiger partial charge in [-0.25, -0.2) is 0 Å². The molecule has 2 aromatic heterocycles. The lowest BCUT2D eigenvalue weighted by atomic mass is 10.1. The van der Waals surface area contributed by atoms with Crippen molar-refractivity contribution in [3.8, 4) is 0 Å². The fourth-order valence-corrected chi connectivity index (χ4v) is 4.07. The lowest BCUT2D eigenvalue weighted by Crippen LogP contribution is -2.10. The molecule has 0 atom stereocenters. The van der Waals surface area contributed by atoms with Gasteiger partial charge in [0, 0.05) is 22.4 Å². The van der Waals surface area contributed by atoms with Crippen LogP contribution in [0, 0.1) is 0 Å². The van der Waals surface area contributed by atoms with E-state index in [1.807, 2.05) is 42.5 Å². The van der Waals surface area contributed by atoms with Crippen molar-refractivity contribution in [2.75, 3.05) is 5.32 Å². The van der Waals surface area contributed by atoms with Gasteiger partial charge in [0.15, 0.2) is 0 Å². The number of fused-ring (bicyclic) bond motifs is 1. The van der Waals surface area contributed by atoms with E-state index in [2.05, 4.69) is 39.5 Å². The summed E-state index contributed by atoms with van der Waals surface area (Å²) in [5.74, 6) is 0.0626. The molecule has 0 unspecified atom stereocenters. The lowest BCUT2D eigenvalue weighted by molar-refractivity contribution is -0.136. The number of benzene rings is 2. The van der Waals surface area contributed by atoms with Crippen LogP contribution in [0.2, 0.25) is 0 Å². The topological polar surface area (TPSA) is 54.3 Å². The van der Waals surface area contributed by atoms with E-state index in [4.69, 9.17) is 0 Å². The van der Waals surface area contributed by atoms with E-state index in [0.717, 1.165) is 22.3 Å². The number of carbonyl (C=O) groups is 1. The molecule has 27 heavy (non-hydrogen) atoms. The summed E-state index contributed by atoms with van der Waals surface area (Å²) in [6, 6.07) is 22.4. The van der Waals surface area contributed by atoms with Crippen LogP contribution in [-0.4, -0.2) is 15.6 Å². The second-order valence-corrected chi connectivity index (χ2v) is 7.45. The summed E-state index contributed by atoms with van der Waals surface area (Å²) in [7, 11) is 0. The Hall–Kier alpha value is -3.05. The minimum absolute atomic E-state index is 0.00488. The number of rotatable bonds is 7. The Labute approximate surface area is 161 Å². The number of anilines is 1. The Kier molecular flexibility index (Phi) is 4.94. The summed E-state index contributed by atoms with van der Waals surface area (Å²) in [6.45, 7) is 1.36. The molecule has 4 nitrogen and oxygen atoms in total. The molecule has 5 heteroatoms. The van der Waals surface area contributed by atoms with Crippen LogP contribution in [0.25, 0.3) is 10.9 Å². The zero-order valence-electron chi connectivity index (χ0n) is 14.8. The maximum atomic E-state index is 11.5. The molecular weight excluding hydrogens is 356 g/mol. The van der Waals surface area contributed by atoms with Gasteiger partial charge in [0.05, 0.1) is 18.5 Å². The molecule has 2 N–H and O–H groups in total. The molecule has 4 aromatic rings. The van der Waals surface area contributed by atoms with E-state index in [0.29, 0.717) is 13.1 Å². The second-order valence-electron chi connectivity index (χ2n) is 6.42. The summed E-state index contributed by atoms with van der Waals surface area (Å²) in [4.78, 5) is 12.7. The number of nitrogens with one attached hydrogen (secondary N) is 1. The van der Waals surface area contributed by atoms with Crippen LogP contribution in [-0.2, 0) is 24.3 Å². The van der Waals surface area contributed by atoms with Crippen molar-refractivity contribution in [2.24, 2.45) is 0 Å². The number of aromatic nitrogens is 1. The van der Waals surface area contributed by atoms with Crippen molar-refractivity contribution in [1.29, 1.82) is 0 Å². The molecule has 2 aromatic carbocycles. The summed E-state index contributed by atoms with van der Waals surface area (Å²) < 4.78 is 2.19. The molecule has 0 aliphatic heterocycles. The Morgan fingerprint density at radius 3 is 2.52 bits per heavy atom. The maximum Gasteiger partial charge on any atom is 0.307 e. The number of aliphatic carboxylic acids is 1. The molecule has 0 fully saturated rings. The average Bonchev–Trinajstić information content (AvgIpc) is 3.29. The van der Waals surface area contributed by atoms with Crippen molar-refractivity contribution >= 4 is 34.0 Å². The number of thiophene rings is 1. The molecule has 0 saturated carbocycles. The molecule has 136 valence electrons. The third kappa shape index (κ3) is 3.73. The first kappa shape index (κ1) is 17.4. The van der Waals surface area contributed by atoms with Gasteiger partial charge in [0.25, 0.3) is 0 Å². The van der Waals surface area contributed by atoms with Crippen LogP contribution >= 0.6 is 11.3 Å². The zero-order valence-corrected chi connectivity index (χ0v) is 15.6. The van der Waals surface area contributed by atoms with Crippen molar-refractivity contribution in [3.63, 3.8) is 0 Å². The lowest BCUT2D eigenvalue weighted by Gasteiger charge is -2.14. The first-order valence-corrected chi connectivity index (χ1v) is 9.72. The van der Waals surface area contributed by atoms with Gasteiger partial charge in [-0.3, -0.25) is 4.79 Å². The van der Waals surface area contributed by atoms with E-state index in [-0.39, 0.29) is 6.42 Å². The zero-order chi connectivity index (χ0) is 18.6. The normalized spacial score (nSPS) is 11.0. The highest BCUT2D eigenvalue weighted by Crippen LogP contribution is 2.32. The number of hydrogen-bond acceptors (Lipinski definition) is 3. The minimum atomic E-state index is -0.822. The Bertz CT molecular complexity index is 1050. The summed E-state index contributed by atoms with van der Waals surface area (Å²) in [5.41, 5.74) is 3.07. The molecule has 0 spiro atoms. The van der Waals surface area contributed by atoms with E-state index >= 15 is 0 Å². The molecule has 0 amide bonds. The number of nitrogens with zero attached hydrogens (tertiary/aromatic N) is 1.